The molecule has 214 valence electrons. The number of carbonyl (C=O) groups excluding carboxylic acids is 1. The van der Waals surface area contributed by atoms with Crippen molar-refractivity contribution in [2.45, 2.75) is 54.3 Å². The van der Waals surface area contributed by atoms with E-state index in [1.807, 2.05) is 43.3 Å². The van der Waals surface area contributed by atoms with E-state index in [1.165, 1.54) is 17.8 Å². The molecule has 0 saturated heterocycles. The van der Waals surface area contributed by atoms with Crippen LogP contribution in [-0.2, 0) is 24.1 Å². The summed E-state index contributed by atoms with van der Waals surface area (Å²) in [5.41, 5.74) is 0.361. The molecule has 9 nitrogen and oxygen atoms in total. The van der Waals surface area contributed by atoms with E-state index in [9.17, 15) is 23.1 Å². The van der Waals surface area contributed by atoms with Gasteiger partial charge in [-0.25, -0.2) is 13.2 Å². The maximum atomic E-state index is 14.3. The predicted octanol–water partition coefficient (Wildman–Crippen LogP) is 6.26. The van der Waals surface area contributed by atoms with E-state index >= 15 is 0 Å². The van der Waals surface area contributed by atoms with Crippen molar-refractivity contribution in [1.29, 1.82) is 5.41 Å². The summed E-state index contributed by atoms with van der Waals surface area (Å²) in [6.45, 7) is 6.61. The lowest BCUT2D eigenvalue weighted by Gasteiger charge is -2.23. The molecule has 3 N–H and O–H groups in total. The van der Waals surface area contributed by atoms with Crippen LogP contribution in [0.5, 0.6) is 0 Å². The second kappa shape index (κ2) is 13.0. The molecule has 1 unspecified atom stereocenters. The number of amides is 1. The summed E-state index contributed by atoms with van der Waals surface area (Å²) >= 11 is 2.22. The van der Waals surface area contributed by atoms with Crippen molar-refractivity contribution in [1.82, 2.24) is 5.32 Å². The number of carboxylic acid groups (broad SMARTS) is 1. The number of aryl methyl sites for hydroxylation is 1. The first-order valence-corrected chi connectivity index (χ1v) is 15.8. The van der Waals surface area contributed by atoms with E-state index in [1.54, 1.807) is 39.2 Å². The molecule has 3 aromatic rings. The molecule has 40 heavy (non-hydrogen) atoms. The number of amidine groups is 1. The van der Waals surface area contributed by atoms with Crippen LogP contribution in [0.3, 0.4) is 0 Å². The molecular formula is C28H32N2O7S3. The van der Waals surface area contributed by atoms with Gasteiger partial charge in [0, 0.05) is 5.56 Å². The highest BCUT2D eigenvalue weighted by atomic mass is 32.2. The SMILES string of the molecule is CSc1sc(C(=N)NC(=O)OC(C)(C)C)cc1S(=O)(=O)C(OCCC(=O)O)c1cccc(C)c1-c1ccccc1. The third kappa shape index (κ3) is 7.72. The summed E-state index contributed by atoms with van der Waals surface area (Å²) in [4.78, 5) is 23.6. The number of thiophene rings is 1. The molecule has 3 rings (SSSR count). The van der Waals surface area contributed by atoms with E-state index in [2.05, 4.69) is 5.32 Å². The van der Waals surface area contributed by atoms with Gasteiger partial charge in [-0.2, -0.15) is 0 Å². The largest absolute Gasteiger partial charge is 0.481 e. The summed E-state index contributed by atoms with van der Waals surface area (Å²) in [5, 5.41) is 19.9. The second-order valence-corrected chi connectivity index (χ2v) is 13.9. The first kappa shape index (κ1) is 31.3. The quantitative estimate of drug-likeness (QED) is 0.140. The number of hydrogen-bond acceptors (Lipinski definition) is 9. The van der Waals surface area contributed by atoms with Crippen LogP contribution in [0.25, 0.3) is 11.1 Å². The minimum atomic E-state index is -4.28. The molecule has 0 aliphatic carbocycles. The number of carbonyl (C=O) groups is 2. The fourth-order valence-electron chi connectivity index (χ4n) is 3.89. The van der Waals surface area contributed by atoms with Crippen molar-refractivity contribution < 1.29 is 32.6 Å². The van der Waals surface area contributed by atoms with Gasteiger partial charge in [-0.3, -0.25) is 15.5 Å². The average Bonchev–Trinajstić information content (AvgIpc) is 3.31. The molecule has 1 atom stereocenters. The van der Waals surface area contributed by atoms with E-state index in [0.29, 0.717) is 15.3 Å². The average molecular weight is 605 g/mol. The van der Waals surface area contributed by atoms with Gasteiger partial charge in [-0.1, -0.05) is 48.5 Å². The number of thioether (sulfide) groups is 1. The first-order valence-electron chi connectivity index (χ1n) is 12.2. The van der Waals surface area contributed by atoms with Gasteiger partial charge >= 0.3 is 12.1 Å². The minimum Gasteiger partial charge on any atom is -0.481 e. The van der Waals surface area contributed by atoms with Crippen LogP contribution >= 0.6 is 23.1 Å². The Hall–Kier alpha value is -3.19. The van der Waals surface area contributed by atoms with Gasteiger partial charge in [0.1, 0.15) is 11.4 Å². The number of ether oxygens (including phenoxy) is 2. The molecule has 0 aliphatic heterocycles. The van der Waals surface area contributed by atoms with Crippen molar-refractivity contribution in [2.75, 3.05) is 12.9 Å². The van der Waals surface area contributed by atoms with Crippen molar-refractivity contribution in [3.05, 3.63) is 70.6 Å². The van der Waals surface area contributed by atoms with Crippen molar-refractivity contribution in [2.24, 2.45) is 0 Å². The molecule has 0 spiro atoms. The highest BCUT2D eigenvalue weighted by molar-refractivity contribution is 8.01. The Kier molecular flexibility index (Phi) is 10.2. The normalized spacial score (nSPS) is 12.5. The molecule has 0 bridgehead atoms. The molecule has 0 fully saturated rings. The van der Waals surface area contributed by atoms with E-state index in [0.717, 1.165) is 22.5 Å². The van der Waals surface area contributed by atoms with Crippen molar-refractivity contribution in [3.63, 3.8) is 0 Å². The number of carboxylic acids is 1. The summed E-state index contributed by atoms with van der Waals surface area (Å²) < 4.78 is 40.0. The van der Waals surface area contributed by atoms with Gasteiger partial charge < -0.3 is 14.6 Å². The Bertz CT molecular complexity index is 1490. The smallest absolute Gasteiger partial charge is 0.413 e. The molecular weight excluding hydrogens is 573 g/mol. The third-order valence-corrected chi connectivity index (χ3v) is 9.95. The van der Waals surface area contributed by atoms with Gasteiger partial charge in [-0.05, 0) is 56.7 Å². The Balaban J connectivity index is 2.10. The van der Waals surface area contributed by atoms with Crippen LogP contribution in [0.1, 0.15) is 48.6 Å². The van der Waals surface area contributed by atoms with Crippen LogP contribution in [0.4, 0.5) is 4.79 Å². The number of sulfone groups is 1. The fourth-order valence-corrected chi connectivity index (χ4v) is 8.14. The predicted molar refractivity (Wildman–Crippen MR) is 157 cm³/mol. The number of alkyl carbamates (subject to hydrolysis) is 1. The molecule has 1 aromatic heterocycles. The monoisotopic (exact) mass is 604 g/mol. The van der Waals surface area contributed by atoms with Gasteiger partial charge in [0.15, 0.2) is 5.44 Å². The van der Waals surface area contributed by atoms with Crippen LogP contribution in [0.2, 0.25) is 0 Å². The number of nitrogens with one attached hydrogen (secondary N) is 2. The molecule has 2 aromatic carbocycles. The number of hydrogen-bond donors (Lipinski definition) is 3. The zero-order valence-electron chi connectivity index (χ0n) is 22.8. The zero-order chi connectivity index (χ0) is 29.7. The molecule has 0 aliphatic rings. The molecule has 0 radical (unpaired) electrons. The third-order valence-electron chi connectivity index (χ3n) is 5.52. The molecule has 1 amide bonds. The maximum Gasteiger partial charge on any atom is 0.413 e. The van der Waals surface area contributed by atoms with Gasteiger partial charge in [-0.15, -0.1) is 23.1 Å². The Labute approximate surface area is 242 Å². The lowest BCUT2D eigenvalue weighted by atomic mass is 9.95. The lowest BCUT2D eigenvalue weighted by Crippen LogP contribution is -2.36. The zero-order valence-corrected chi connectivity index (χ0v) is 25.3. The summed E-state index contributed by atoms with van der Waals surface area (Å²) in [6.07, 6.45) is 0.498. The Morgan fingerprint density at radius 1 is 1.12 bits per heavy atom. The molecule has 12 heteroatoms. The summed E-state index contributed by atoms with van der Waals surface area (Å²) in [6, 6.07) is 15.9. The summed E-state index contributed by atoms with van der Waals surface area (Å²) in [7, 11) is -4.28. The maximum absolute atomic E-state index is 14.3. The van der Waals surface area contributed by atoms with Crippen LogP contribution in [0, 0.1) is 12.3 Å². The van der Waals surface area contributed by atoms with Gasteiger partial charge in [0.2, 0.25) is 9.84 Å². The first-order chi connectivity index (χ1) is 18.7. The Morgan fingerprint density at radius 3 is 2.40 bits per heavy atom. The highest BCUT2D eigenvalue weighted by Crippen LogP contribution is 2.43. The second-order valence-electron chi connectivity index (χ2n) is 9.77. The number of benzene rings is 2. The Morgan fingerprint density at radius 2 is 1.80 bits per heavy atom. The topological polar surface area (TPSA) is 143 Å². The standard InChI is InChI=1S/C28H32N2O7S3/c1-17-10-9-13-19(23(17)18-11-7-6-8-12-18)25(36-15-14-22(31)32)40(34,35)21-16-20(39-26(21)38-5)24(29)30-27(33)37-28(2,3)4/h6-13,16,25H,14-15H2,1-5H3,(H,31,32)(H2,29,30,33). The number of rotatable bonds is 10. The molecule has 1 heterocycles. The van der Waals surface area contributed by atoms with E-state index in [-0.39, 0.29) is 28.6 Å². The van der Waals surface area contributed by atoms with E-state index < -0.39 is 32.9 Å². The number of aliphatic carboxylic acids is 1. The molecule has 0 saturated carbocycles. The van der Waals surface area contributed by atoms with Crippen LogP contribution in [0.15, 0.2) is 63.7 Å². The fraction of sp³-hybridized carbons (Fsp3) is 0.321. The highest BCUT2D eigenvalue weighted by Gasteiger charge is 2.36. The van der Waals surface area contributed by atoms with Crippen molar-refractivity contribution in [3.8, 4) is 11.1 Å². The summed E-state index contributed by atoms with van der Waals surface area (Å²) in [5.74, 6) is -1.42. The van der Waals surface area contributed by atoms with Crippen LogP contribution in [-0.4, -0.2) is 49.9 Å². The van der Waals surface area contributed by atoms with Gasteiger partial charge in [0.25, 0.3) is 0 Å². The van der Waals surface area contributed by atoms with Crippen molar-refractivity contribution >= 4 is 50.8 Å². The van der Waals surface area contributed by atoms with Crippen LogP contribution < -0.4 is 5.32 Å². The van der Waals surface area contributed by atoms with E-state index in [4.69, 9.17) is 14.9 Å². The van der Waals surface area contributed by atoms with Gasteiger partial charge in [0.05, 0.1) is 27.0 Å². The minimum absolute atomic E-state index is 0.0726. The lowest BCUT2D eigenvalue weighted by molar-refractivity contribution is -0.138.